The normalized spacial score (nSPS) is 15.9. The average Bonchev–Trinajstić information content (AvgIpc) is 3.01. The van der Waals surface area contributed by atoms with Crippen molar-refractivity contribution in [3.63, 3.8) is 0 Å². The fourth-order valence-electron chi connectivity index (χ4n) is 4.06. The molecule has 5 rings (SSSR count). The minimum absolute atomic E-state index is 0.181. The zero-order valence-corrected chi connectivity index (χ0v) is 15.8. The first kappa shape index (κ1) is 17.0. The summed E-state index contributed by atoms with van der Waals surface area (Å²) in [7, 11) is 0. The molecule has 5 nitrogen and oxygen atoms in total. The van der Waals surface area contributed by atoms with Gasteiger partial charge in [-0.15, -0.1) is 0 Å². The van der Waals surface area contributed by atoms with Crippen molar-refractivity contribution in [1.82, 2.24) is 9.97 Å². The molecule has 0 unspecified atom stereocenters. The number of aromatic nitrogens is 2. The predicted octanol–water partition coefficient (Wildman–Crippen LogP) is 4.93. The molecule has 1 fully saturated rings. The van der Waals surface area contributed by atoms with Crippen LogP contribution in [-0.4, -0.2) is 28.2 Å². The lowest BCUT2D eigenvalue weighted by molar-refractivity contribution is 0.439. The summed E-state index contributed by atoms with van der Waals surface area (Å²) < 4.78 is 6.18. The molecule has 0 atom stereocenters. The van der Waals surface area contributed by atoms with E-state index in [4.69, 9.17) is 14.7 Å². The van der Waals surface area contributed by atoms with E-state index in [1.54, 1.807) is 12.1 Å². The first-order valence-electron chi connectivity index (χ1n) is 9.99. The van der Waals surface area contributed by atoms with Gasteiger partial charge in [0.25, 0.3) is 0 Å². The van der Waals surface area contributed by atoms with E-state index in [2.05, 4.69) is 11.0 Å². The molecule has 0 spiro atoms. The Labute approximate surface area is 164 Å². The fraction of sp³-hybridized carbons (Fsp3) is 0.304. The van der Waals surface area contributed by atoms with Crippen LogP contribution in [0.2, 0.25) is 0 Å². The molecule has 1 N–H and O–H groups in total. The van der Waals surface area contributed by atoms with Gasteiger partial charge in [-0.1, -0.05) is 43.2 Å². The van der Waals surface area contributed by atoms with Crippen LogP contribution in [0.15, 0.2) is 48.5 Å². The highest BCUT2D eigenvalue weighted by Crippen LogP contribution is 2.41. The van der Waals surface area contributed by atoms with Gasteiger partial charge in [0.2, 0.25) is 5.88 Å². The van der Waals surface area contributed by atoms with E-state index in [1.165, 1.54) is 25.7 Å². The van der Waals surface area contributed by atoms with Crippen LogP contribution in [0.3, 0.4) is 0 Å². The number of phenols is 1. The molecule has 2 aliphatic heterocycles. The number of rotatable bonds is 2. The molecule has 3 aromatic rings. The van der Waals surface area contributed by atoms with Crippen molar-refractivity contribution < 1.29 is 9.84 Å². The van der Waals surface area contributed by atoms with Crippen LogP contribution in [-0.2, 0) is 6.42 Å². The van der Waals surface area contributed by atoms with Gasteiger partial charge >= 0.3 is 0 Å². The zero-order valence-electron chi connectivity index (χ0n) is 15.8. The van der Waals surface area contributed by atoms with Crippen LogP contribution >= 0.6 is 0 Å². The highest BCUT2D eigenvalue weighted by atomic mass is 16.5. The molecular formula is C23H23N3O2. The molecule has 0 bridgehead atoms. The summed E-state index contributed by atoms with van der Waals surface area (Å²) in [5.41, 5.74) is 2.83. The second-order valence-electron chi connectivity index (χ2n) is 7.46. The van der Waals surface area contributed by atoms with Gasteiger partial charge in [-0.05, 0) is 36.6 Å². The lowest BCUT2D eigenvalue weighted by Crippen LogP contribution is -2.27. The monoisotopic (exact) mass is 373 g/mol. The molecule has 0 saturated carbocycles. The van der Waals surface area contributed by atoms with Crippen LogP contribution in [0.1, 0.15) is 36.8 Å². The van der Waals surface area contributed by atoms with Gasteiger partial charge in [-0.3, -0.25) is 0 Å². The van der Waals surface area contributed by atoms with Gasteiger partial charge in [0.1, 0.15) is 17.3 Å². The van der Waals surface area contributed by atoms with Gasteiger partial charge < -0.3 is 14.7 Å². The number of phenolic OH excluding ortho intramolecular Hbond substituents is 1. The molecule has 0 amide bonds. The fourth-order valence-corrected chi connectivity index (χ4v) is 4.06. The van der Waals surface area contributed by atoms with E-state index in [-0.39, 0.29) is 5.75 Å². The first-order valence-corrected chi connectivity index (χ1v) is 9.99. The van der Waals surface area contributed by atoms with Gasteiger partial charge in [0.15, 0.2) is 5.82 Å². The molecule has 5 heteroatoms. The molecule has 1 saturated heterocycles. The zero-order chi connectivity index (χ0) is 18.9. The molecule has 2 aliphatic rings. The summed E-state index contributed by atoms with van der Waals surface area (Å²) in [6, 6.07) is 15.3. The van der Waals surface area contributed by atoms with E-state index in [0.717, 1.165) is 42.2 Å². The minimum atomic E-state index is 0.181. The molecule has 2 aromatic carbocycles. The Hall–Kier alpha value is -3.08. The Kier molecular flexibility index (Phi) is 4.35. The van der Waals surface area contributed by atoms with Crippen LogP contribution in [0.5, 0.6) is 17.4 Å². The minimum Gasteiger partial charge on any atom is -0.507 e. The molecule has 0 radical (unpaired) electrons. The maximum atomic E-state index is 10.3. The third kappa shape index (κ3) is 3.07. The van der Waals surface area contributed by atoms with Crippen LogP contribution in [0, 0.1) is 0 Å². The summed E-state index contributed by atoms with van der Waals surface area (Å²) in [6.07, 6.45) is 5.62. The standard InChI is InChI=1S/C23H23N3O2/c27-19-11-5-4-10-17(19)21-24-22(26-13-7-1-2-8-14-26)18-15-16-9-3-6-12-20(16)28-23(18)25-21/h3-6,9-12,27H,1-2,7-8,13-15H2. The quantitative estimate of drug-likeness (QED) is 0.540. The number of hydrogen-bond acceptors (Lipinski definition) is 5. The molecule has 142 valence electrons. The van der Waals surface area contributed by atoms with Crippen LogP contribution < -0.4 is 9.64 Å². The van der Waals surface area contributed by atoms with Crippen molar-refractivity contribution in [3.8, 4) is 28.8 Å². The number of hydrogen-bond donors (Lipinski definition) is 1. The van der Waals surface area contributed by atoms with Crippen molar-refractivity contribution in [1.29, 1.82) is 0 Å². The predicted molar refractivity (Wildman–Crippen MR) is 109 cm³/mol. The summed E-state index contributed by atoms with van der Waals surface area (Å²) in [5, 5.41) is 10.3. The van der Waals surface area contributed by atoms with Crippen molar-refractivity contribution in [2.75, 3.05) is 18.0 Å². The van der Waals surface area contributed by atoms with Crippen molar-refractivity contribution in [2.45, 2.75) is 32.1 Å². The topological polar surface area (TPSA) is 58.5 Å². The molecule has 1 aromatic heterocycles. The Balaban J connectivity index is 1.66. The Morgan fingerprint density at radius 2 is 1.61 bits per heavy atom. The van der Waals surface area contributed by atoms with Gasteiger partial charge in [-0.2, -0.15) is 4.98 Å². The Bertz CT molecular complexity index is 1010. The van der Waals surface area contributed by atoms with Crippen molar-refractivity contribution in [2.24, 2.45) is 0 Å². The number of nitrogens with zero attached hydrogens (tertiary/aromatic N) is 3. The highest BCUT2D eigenvalue weighted by molar-refractivity contribution is 5.68. The molecular weight excluding hydrogens is 350 g/mol. The summed E-state index contributed by atoms with van der Waals surface area (Å²) in [5.74, 6) is 3.08. The second kappa shape index (κ2) is 7.15. The average molecular weight is 373 g/mol. The maximum Gasteiger partial charge on any atom is 0.228 e. The number of anilines is 1. The Morgan fingerprint density at radius 3 is 2.43 bits per heavy atom. The van der Waals surface area contributed by atoms with Crippen LogP contribution in [0.25, 0.3) is 11.4 Å². The number of benzene rings is 2. The number of aromatic hydroxyl groups is 1. The number of para-hydroxylation sites is 2. The van der Waals surface area contributed by atoms with E-state index < -0.39 is 0 Å². The van der Waals surface area contributed by atoms with Crippen LogP contribution in [0.4, 0.5) is 5.82 Å². The highest BCUT2D eigenvalue weighted by Gasteiger charge is 2.27. The first-order chi connectivity index (χ1) is 13.8. The lowest BCUT2D eigenvalue weighted by Gasteiger charge is -2.28. The summed E-state index contributed by atoms with van der Waals surface area (Å²) >= 11 is 0. The van der Waals surface area contributed by atoms with Gasteiger partial charge in [0, 0.05) is 19.5 Å². The van der Waals surface area contributed by atoms with Gasteiger partial charge in [-0.25, -0.2) is 4.98 Å². The van der Waals surface area contributed by atoms with Crippen molar-refractivity contribution in [3.05, 3.63) is 59.7 Å². The lowest BCUT2D eigenvalue weighted by atomic mass is 10.0. The Morgan fingerprint density at radius 1 is 0.857 bits per heavy atom. The van der Waals surface area contributed by atoms with E-state index in [9.17, 15) is 5.11 Å². The molecule has 0 aliphatic carbocycles. The number of ether oxygens (including phenoxy) is 1. The summed E-state index contributed by atoms with van der Waals surface area (Å²) in [4.78, 5) is 12.0. The van der Waals surface area contributed by atoms with E-state index >= 15 is 0 Å². The van der Waals surface area contributed by atoms with E-state index in [1.807, 2.05) is 30.3 Å². The SMILES string of the molecule is Oc1ccccc1-c1nc2c(c(N3CCCCCC3)n1)Cc1ccccc1O2. The molecule has 28 heavy (non-hydrogen) atoms. The van der Waals surface area contributed by atoms with E-state index in [0.29, 0.717) is 17.3 Å². The number of fused-ring (bicyclic) bond motifs is 2. The maximum absolute atomic E-state index is 10.3. The molecule has 3 heterocycles. The smallest absolute Gasteiger partial charge is 0.228 e. The largest absolute Gasteiger partial charge is 0.507 e. The van der Waals surface area contributed by atoms with Gasteiger partial charge in [0.05, 0.1) is 11.1 Å². The third-order valence-electron chi connectivity index (χ3n) is 5.54. The van der Waals surface area contributed by atoms with Crippen molar-refractivity contribution >= 4 is 5.82 Å². The third-order valence-corrected chi connectivity index (χ3v) is 5.54. The summed E-state index contributed by atoms with van der Waals surface area (Å²) in [6.45, 7) is 1.98. The second-order valence-corrected chi connectivity index (χ2v) is 7.46.